The Balaban J connectivity index is 1.07. The van der Waals surface area contributed by atoms with Crippen LogP contribution in [0.2, 0.25) is 0 Å². The van der Waals surface area contributed by atoms with Gasteiger partial charge in [0.1, 0.15) is 5.75 Å². The van der Waals surface area contributed by atoms with Gasteiger partial charge in [-0.3, -0.25) is 0 Å². The summed E-state index contributed by atoms with van der Waals surface area (Å²) in [5, 5.41) is 12.1. The van der Waals surface area contributed by atoms with E-state index in [4.69, 9.17) is 9.15 Å². The van der Waals surface area contributed by atoms with E-state index in [-0.39, 0.29) is 6.04 Å². The Morgan fingerprint density at radius 3 is 2.48 bits per heavy atom. The van der Waals surface area contributed by atoms with Crippen molar-refractivity contribution < 1.29 is 13.5 Å². The van der Waals surface area contributed by atoms with E-state index in [2.05, 4.69) is 49.9 Å². The number of nitrogens with zero attached hydrogens (tertiary/aromatic N) is 4. The van der Waals surface area contributed by atoms with E-state index in [0.717, 1.165) is 42.9 Å². The second-order valence-corrected chi connectivity index (χ2v) is 10.8. The molecule has 1 aliphatic heterocycles. The van der Waals surface area contributed by atoms with Crippen LogP contribution in [0.3, 0.4) is 0 Å². The molecule has 2 N–H and O–H groups in total. The van der Waals surface area contributed by atoms with Crippen LogP contribution in [-0.4, -0.2) is 52.8 Å². The van der Waals surface area contributed by atoms with Gasteiger partial charge in [0.05, 0.1) is 17.6 Å². The quantitative estimate of drug-likeness (QED) is 0.263. The number of nitrogens with one attached hydrogen (secondary N) is 2. The molecule has 0 amide bonds. The number of halogens is 1. The Hall–Kier alpha value is -3.85. The third kappa shape index (κ3) is 6.14. The molecule has 210 valence electrons. The molecule has 1 saturated carbocycles. The molecule has 1 saturated heterocycles. The molecule has 3 heterocycles. The van der Waals surface area contributed by atoms with Crippen molar-refractivity contribution in [1.29, 1.82) is 0 Å². The van der Waals surface area contributed by atoms with Crippen molar-refractivity contribution in [3.05, 3.63) is 72.7 Å². The van der Waals surface area contributed by atoms with E-state index in [1.54, 1.807) is 18.3 Å². The molecule has 2 aromatic carbocycles. The van der Waals surface area contributed by atoms with Crippen molar-refractivity contribution in [2.24, 2.45) is 0 Å². The number of aryl methyl sites for hydroxylation is 1. The van der Waals surface area contributed by atoms with Crippen molar-refractivity contribution >= 4 is 11.7 Å². The van der Waals surface area contributed by atoms with Gasteiger partial charge in [0.15, 0.2) is 5.76 Å². The minimum absolute atomic E-state index is 0.257. The smallest absolute Gasteiger partial charge is 0.295 e. The largest absolute Gasteiger partial charge is 0.463 e. The van der Waals surface area contributed by atoms with E-state index < -0.39 is 6.86 Å². The van der Waals surface area contributed by atoms with Crippen LogP contribution in [0.5, 0.6) is 5.75 Å². The summed E-state index contributed by atoms with van der Waals surface area (Å²) in [6.45, 7) is 3.23. The summed E-state index contributed by atoms with van der Waals surface area (Å²) in [5.74, 6) is 1.16. The number of benzene rings is 2. The number of alkyl halides is 1. The fourth-order valence-corrected chi connectivity index (χ4v) is 5.94. The van der Waals surface area contributed by atoms with E-state index in [9.17, 15) is 4.39 Å². The molecule has 3 atom stereocenters. The van der Waals surface area contributed by atoms with Crippen molar-refractivity contribution in [2.45, 2.75) is 63.6 Å². The lowest BCUT2D eigenvalue weighted by Crippen LogP contribution is -2.54. The van der Waals surface area contributed by atoms with Crippen molar-refractivity contribution in [3.8, 4) is 22.8 Å². The molecule has 0 bridgehead atoms. The average molecular weight is 545 g/mol. The normalized spacial score (nSPS) is 21.4. The summed E-state index contributed by atoms with van der Waals surface area (Å²) in [4.78, 5) is 6.99. The van der Waals surface area contributed by atoms with Gasteiger partial charge in [-0.25, -0.2) is 14.1 Å². The Morgan fingerprint density at radius 2 is 1.73 bits per heavy atom. The first-order chi connectivity index (χ1) is 19.6. The van der Waals surface area contributed by atoms with Crippen LogP contribution in [0.25, 0.3) is 17.0 Å². The van der Waals surface area contributed by atoms with Crippen molar-refractivity contribution in [1.82, 2.24) is 20.1 Å². The van der Waals surface area contributed by atoms with Gasteiger partial charge < -0.3 is 24.7 Å². The van der Waals surface area contributed by atoms with Crippen LogP contribution >= 0.6 is 0 Å². The van der Waals surface area contributed by atoms with Crippen LogP contribution in [0, 0.1) is 6.92 Å². The predicted molar refractivity (Wildman–Crippen MR) is 155 cm³/mol. The van der Waals surface area contributed by atoms with Gasteiger partial charge in [0.25, 0.3) is 6.01 Å². The Kier molecular flexibility index (Phi) is 7.99. The molecule has 6 rings (SSSR count). The summed E-state index contributed by atoms with van der Waals surface area (Å²) in [5.41, 5.74) is 4.23. The van der Waals surface area contributed by atoms with Gasteiger partial charge in [0.2, 0.25) is 6.86 Å². The first-order valence-corrected chi connectivity index (χ1v) is 14.3. The summed E-state index contributed by atoms with van der Waals surface area (Å²) < 4.78 is 25.3. The summed E-state index contributed by atoms with van der Waals surface area (Å²) >= 11 is 0. The second kappa shape index (κ2) is 12.1. The van der Waals surface area contributed by atoms with Crippen molar-refractivity contribution in [3.63, 3.8) is 0 Å². The van der Waals surface area contributed by atoms with Gasteiger partial charge in [-0.2, -0.15) is 5.10 Å². The van der Waals surface area contributed by atoms with Gasteiger partial charge in [-0.1, -0.05) is 12.8 Å². The van der Waals surface area contributed by atoms with Gasteiger partial charge >= 0.3 is 0 Å². The third-order valence-corrected chi connectivity index (χ3v) is 8.01. The predicted octanol–water partition coefficient (Wildman–Crippen LogP) is 6.12. The molecule has 8 nitrogen and oxygen atoms in total. The molecular weight excluding hydrogens is 507 g/mol. The van der Waals surface area contributed by atoms with Crippen LogP contribution < -0.4 is 20.3 Å². The van der Waals surface area contributed by atoms with Crippen molar-refractivity contribution in [2.75, 3.05) is 30.2 Å². The maximum atomic E-state index is 12.4. The number of ether oxygens (including phenoxy) is 1. The minimum Gasteiger partial charge on any atom is -0.463 e. The van der Waals surface area contributed by atoms with Crippen LogP contribution in [-0.2, 0) is 0 Å². The molecule has 2 fully saturated rings. The SMILES string of the molecule is Cc1ccn(-c2ccc(N3CCC[C@H](N[C@@H]4CCCC[C@H]4Nc4ncc(-c5ccc(OCF)cc5)o4)C3)cc2)n1. The van der Waals surface area contributed by atoms with E-state index >= 15 is 0 Å². The highest BCUT2D eigenvalue weighted by atomic mass is 19.1. The standard InChI is InChI=1S/C31H37FN6O2/c1-22-16-18-38(36-22)26-12-10-25(11-13-26)37-17-4-5-24(20-37)34-28-6-2-3-7-29(28)35-31-33-19-30(40-31)23-8-14-27(15-9-23)39-21-32/h8-16,18-19,24,28-29,34H,2-7,17,20-21H2,1H3,(H,33,35)/t24-,28+,29+/m0/s1. The molecule has 0 radical (unpaired) electrons. The highest BCUT2D eigenvalue weighted by Gasteiger charge is 2.30. The molecule has 2 aliphatic rings. The monoisotopic (exact) mass is 544 g/mol. The summed E-state index contributed by atoms with van der Waals surface area (Å²) in [6.07, 6.45) is 10.7. The van der Waals surface area contributed by atoms with Crippen LogP contribution in [0.4, 0.5) is 16.1 Å². The fraction of sp³-hybridized carbons (Fsp3) is 0.419. The number of rotatable bonds is 9. The Labute approximate surface area is 234 Å². The minimum atomic E-state index is -0.842. The molecule has 40 heavy (non-hydrogen) atoms. The second-order valence-electron chi connectivity index (χ2n) is 10.8. The Morgan fingerprint density at radius 1 is 0.950 bits per heavy atom. The van der Waals surface area contributed by atoms with Gasteiger partial charge in [0, 0.05) is 48.7 Å². The zero-order valence-electron chi connectivity index (χ0n) is 22.9. The number of piperidine rings is 1. The summed E-state index contributed by atoms with van der Waals surface area (Å²) in [7, 11) is 0. The average Bonchev–Trinajstić information content (AvgIpc) is 3.64. The third-order valence-electron chi connectivity index (χ3n) is 8.01. The lowest BCUT2D eigenvalue weighted by atomic mass is 9.89. The number of hydrogen-bond acceptors (Lipinski definition) is 7. The molecule has 2 aromatic heterocycles. The molecule has 0 spiro atoms. The van der Waals surface area contributed by atoms with Crippen LogP contribution in [0.1, 0.15) is 44.2 Å². The molecular formula is C31H37FN6O2. The number of aromatic nitrogens is 3. The highest BCUT2D eigenvalue weighted by molar-refractivity contribution is 5.58. The molecule has 0 unspecified atom stereocenters. The zero-order chi connectivity index (χ0) is 27.3. The maximum Gasteiger partial charge on any atom is 0.295 e. The van der Waals surface area contributed by atoms with Gasteiger partial charge in [-0.15, -0.1) is 0 Å². The van der Waals surface area contributed by atoms with Crippen LogP contribution in [0.15, 0.2) is 71.4 Å². The van der Waals surface area contributed by atoms with Gasteiger partial charge in [-0.05, 0) is 87.2 Å². The number of anilines is 2. The molecule has 9 heteroatoms. The zero-order valence-corrected chi connectivity index (χ0v) is 22.9. The molecule has 1 aliphatic carbocycles. The number of hydrogen-bond donors (Lipinski definition) is 2. The lowest BCUT2D eigenvalue weighted by Gasteiger charge is -2.40. The van der Waals surface area contributed by atoms with E-state index in [1.807, 2.05) is 36.0 Å². The number of oxazole rings is 1. The fourth-order valence-electron chi connectivity index (χ4n) is 5.94. The summed E-state index contributed by atoms with van der Waals surface area (Å²) in [6, 6.07) is 19.5. The first kappa shape index (κ1) is 26.4. The Bertz CT molecular complexity index is 1370. The lowest BCUT2D eigenvalue weighted by molar-refractivity contribution is 0.192. The van der Waals surface area contributed by atoms with E-state index in [0.29, 0.717) is 29.6 Å². The first-order valence-electron chi connectivity index (χ1n) is 14.3. The maximum absolute atomic E-state index is 12.4. The highest BCUT2D eigenvalue weighted by Crippen LogP contribution is 2.29. The topological polar surface area (TPSA) is 80.4 Å². The molecule has 4 aromatic rings. The van der Waals surface area contributed by atoms with E-state index in [1.165, 1.54) is 31.4 Å².